The lowest BCUT2D eigenvalue weighted by molar-refractivity contribution is -0.141. The van der Waals surface area contributed by atoms with Gasteiger partial charge < -0.3 is 10.4 Å². The fourth-order valence-corrected chi connectivity index (χ4v) is 2.87. The first kappa shape index (κ1) is 15.2. The second kappa shape index (κ2) is 5.51. The minimum Gasteiger partial charge on any atom is -0.477 e. The van der Waals surface area contributed by atoms with E-state index in [0.29, 0.717) is 22.5 Å². The van der Waals surface area contributed by atoms with Gasteiger partial charge in [0.25, 0.3) is 0 Å². The van der Waals surface area contributed by atoms with Crippen LogP contribution in [0.2, 0.25) is 0 Å². The lowest BCUT2D eigenvalue weighted by atomic mass is 10.2. The summed E-state index contributed by atoms with van der Waals surface area (Å²) in [4.78, 5) is 17.7. The number of alkyl halides is 3. The van der Waals surface area contributed by atoms with Crippen LogP contribution in [-0.4, -0.2) is 21.0 Å². The van der Waals surface area contributed by atoms with Crippen molar-refractivity contribution in [3.63, 3.8) is 0 Å². The molecule has 23 heavy (non-hydrogen) atoms. The van der Waals surface area contributed by atoms with Crippen molar-refractivity contribution < 1.29 is 23.1 Å². The van der Waals surface area contributed by atoms with E-state index in [0.717, 1.165) is 5.39 Å². The van der Waals surface area contributed by atoms with Gasteiger partial charge in [0.05, 0.1) is 11.2 Å². The number of carbonyl (C=O) groups is 1. The number of carboxylic acids is 1. The van der Waals surface area contributed by atoms with E-state index in [1.807, 2.05) is 0 Å². The summed E-state index contributed by atoms with van der Waals surface area (Å²) in [5.41, 5.74) is -0.413. The number of aromatic carboxylic acids is 1. The minimum absolute atomic E-state index is 0.159. The van der Waals surface area contributed by atoms with Crippen LogP contribution in [-0.2, 0) is 6.18 Å². The van der Waals surface area contributed by atoms with Gasteiger partial charge in [-0.25, -0.2) is 9.78 Å². The highest BCUT2D eigenvalue weighted by Gasteiger charge is 2.39. The number of benzene rings is 1. The molecule has 0 aliphatic heterocycles. The van der Waals surface area contributed by atoms with Crippen LogP contribution >= 0.6 is 11.3 Å². The van der Waals surface area contributed by atoms with Gasteiger partial charge in [-0.05, 0) is 12.1 Å². The highest BCUT2D eigenvalue weighted by molar-refractivity contribution is 7.17. The van der Waals surface area contributed by atoms with Crippen LogP contribution in [0.3, 0.4) is 0 Å². The molecule has 0 radical (unpaired) electrons. The molecule has 0 saturated heterocycles. The van der Waals surface area contributed by atoms with Gasteiger partial charge >= 0.3 is 12.1 Å². The summed E-state index contributed by atoms with van der Waals surface area (Å²) in [7, 11) is 0. The zero-order valence-electron chi connectivity index (χ0n) is 11.3. The van der Waals surface area contributed by atoms with E-state index in [1.165, 1.54) is 0 Å². The lowest BCUT2D eigenvalue weighted by Gasteiger charge is -2.06. The molecule has 0 unspecified atom stereocenters. The number of carboxylic acid groups (broad SMARTS) is 1. The summed E-state index contributed by atoms with van der Waals surface area (Å²) in [5, 5.41) is 12.3. The second-order valence-corrected chi connectivity index (χ2v) is 5.50. The predicted octanol–water partition coefficient (Wildman–Crippen LogP) is 4.15. The smallest absolute Gasteiger partial charge is 0.435 e. The third-order valence-corrected chi connectivity index (χ3v) is 3.92. The fourth-order valence-electron chi connectivity index (χ4n) is 2.03. The van der Waals surface area contributed by atoms with E-state index < -0.39 is 22.7 Å². The van der Waals surface area contributed by atoms with E-state index in [1.54, 1.807) is 36.5 Å². The Kier molecular flexibility index (Phi) is 3.64. The molecule has 118 valence electrons. The van der Waals surface area contributed by atoms with Gasteiger partial charge in [0, 0.05) is 11.6 Å². The summed E-state index contributed by atoms with van der Waals surface area (Å²) in [6.45, 7) is 0. The largest absolute Gasteiger partial charge is 0.477 e. The van der Waals surface area contributed by atoms with Crippen LogP contribution in [0.1, 0.15) is 15.4 Å². The lowest BCUT2D eigenvalue weighted by Crippen LogP contribution is -2.11. The Morgan fingerprint density at radius 3 is 2.61 bits per heavy atom. The molecule has 9 heteroatoms. The predicted molar refractivity (Wildman–Crippen MR) is 79.1 cm³/mol. The van der Waals surface area contributed by atoms with Gasteiger partial charge in [0.15, 0.2) is 10.8 Å². The molecule has 2 aromatic heterocycles. The molecule has 0 aliphatic carbocycles. The molecule has 2 N–H and O–H groups in total. The maximum absolute atomic E-state index is 12.9. The molecule has 0 saturated carbocycles. The topological polar surface area (TPSA) is 75.1 Å². The number of hydrogen-bond donors (Lipinski definition) is 2. The molecule has 5 nitrogen and oxygen atoms in total. The molecule has 0 aliphatic rings. The molecule has 0 atom stereocenters. The Bertz CT molecular complexity index is 887. The summed E-state index contributed by atoms with van der Waals surface area (Å²) in [6.07, 6.45) is -3.28. The summed E-state index contributed by atoms with van der Waals surface area (Å²) in [6, 6.07) is 8.69. The molecule has 0 bridgehead atoms. The highest BCUT2D eigenvalue weighted by Crippen LogP contribution is 2.37. The van der Waals surface area contributed by atoms with Crippen molar-refractivity contribution >= 4 is 39.0 Å². The number of nitrogens with zero attached hydrogens (tertiary/aromatic N) is 2. The standard InChI is InChI=1S/C14H8F3N3O2S/c15-14(16,17)11-10(12(21)22)23-13(20-11)19-8-5-1-3-7-4-2-6-18-9(7)8/h1-6H,(H,19,20)(H,21,22). The Morgan fingerprint density at radius 2 is 1.96 bits per heavy atom. The zero-order valence-corrected chi connectivity index (χ0v) is 12.1. The average molecular weight is 339 g/mol. The maximum Gasteiger partial charge on any atom is 0.435 e. The maximum atomic E-state index is 12.9. The first-order chi connectivity index (χ1) is 10.9. The van der Waals surface area contributed by atoms with Gasteiger partial charge in [-0.15, -0.1) is 0 Å². The van der Waals surface area contributed by atoms with Crippen molar-refractivity contribution in [1.82, 2.24) is 9.97 Å². The quantitative estimate of drug-likeness (QED) is 0.750. The zero-order chi connectivity index (χ0) is 16.6. The summed E-state index contributed by atoms with van der Waals surface area (Å²) < 4.78 is 38.6. The average Bonchev–Trinajstić information content (AvgIpc) is 2.92. The van der Waals surface area contributed by atoms with E-state index in [2.05, 4.69) is 15.3 Å². The number of nitrogens with one attached hydrogen (secondary N) is 1. The van der Waals surface area contributed by atoms with Gasteiger partial charge in [0.2, 0.25) is 0 Å². The number of anilines is 2. The van der Waals surface area contributed by atoms with E-state index in [9.17, 15) is 18.0 Å². The van der Waals surface area contributed by atoms with Crippen molar-refractivity contribution in [1.29, 1.82) is 0 Å². The number of pyridine rings is 1. The number of thiazole rings is 1. The van der Waals surface area contributed by atoms with Crippen LogP contribution in [0.15, 0.2) is 36.5 Å². The Labute approximate surface area is 131 Å². The fraction of sp³-hybridized carbons (Fsp3) is 0.0714. The molecular formula is C14H8F3N3O2S. The molecule has 2 heterocycles. The van der Waals surface area contributed by atoms with Crippen LogP contribution < -0.4 is 5.32 Å². The van der Waals surface area contributed by atoms with E-state index >= 15 is 0 Å². The number of fused-ring (bicyclic) bond motifs is 1. The normalized spacial score (nSPS) is 11.6. The molecule has 1 aromatic carbocycles. The summed E-state index contributed by atoms with van der Waals surface area (Å²) >= 11 is 0.428. The molecule has 3 aromatic rings. The van der Waals surface area contributed by atoms with Gasteiger partial charge in [-0.2, -0.15) is 13.2 Å². The van der Waals surface area contributed by atoms with Crippen LogP contribution in [0.4, 0.5) is 24.0 Å². The summed E-state index contributed by atoms with van der Waals surface area (Å²) in [5.74, 6) is -1.67. The Morgan fingerprint density at radius 1 is 1.22 bits per heavy atom. The third kappa shape index (κ3) is 2.95. The Balaban J connectivity index is 2.04. The number of aromatic nitrogens is 2. The van der Waals surface area contributed by atoms with E-state index in [4.69, 9.17) is 5.11 Å². The number of halogens is 3. The first-order valence-electron chi connectivity index (χ1n) is 6.28. The van der Waals surface area contributed by atoms with Crippen molar-refractivity contribution in [3.05, 3.63) is 47.1 Å². The van der Waals surface area contributed by atoms with Gasteiger partial charge in [0.1, 0.15) is 4.88 Å². The van der Waals surface area contributed by atoms with Crippen LogP contribution in [0, 0.1) is 0 Å². The van der Waals surface area contributed by atoms with Crippen molar-refractivity contribution in [2.45, 2.75) is 6.18 Å². The Hall–Kier alpha value is -2.68. The molecule has 0 spiro atoms. The number of rotatable bonds is 3. The number of para-hydroxylation sites is 1. The van der Waals surface area contributed by atoms with Gasteiger partial charge in [-0.3, -0.25) is 4.98 Å². The van der Waals surface area contributed by atoms with Crippen molar-refractivity contribution in [2.24, 2.45) is 0 Å². The molecule has 0 fully saturated rings. The first-order valence-corrected chi connectivity index (χ1v) is 7.10. The monoisotopic (exact) mass is 339 g/mol. The molecule has 0 amide bonds. The minimum atomic E-state index is -4.83. The van der Waals surface area contributed by atoms with Gasteiger partial charge in [-0.1, -0.05) is 29.5 Å². The van der Waals surface area contributed by atoms with E-state index in [-0.39, 0.29) is 5.13 Å². The highest BCUT2D eigenvalue weighted by atomic mass is 32.1. The number of hydrogen-bond acceptors (Lipinski definition) is 5. The van der Waals surface area contributed by atoms with Crippen LogP contribution in [0.25, 0.3) is 10.9 Å². The van der Waals surface area contributed by atoms with Crippen LogP contribution in [0.5, 0.6) is 0 Å². The van der Waals surface area contributed by atoms with Crippen molar-refractivity contribution in [2.75, 3.05) is 5.32 Å². The second-order valence-electron chi connectivity index (χ2n) is 4.51. The van der Waals surface area contributed by atoms with Crippen molar-refractivity contribution in [3.8, 4) is 0 Å². The third-order valence-electron chi connectivity index (χ3n) is 2.96. The molecular weight excluding hydrogens is 331 g/mol. The SMILES string of the molecule is O=C(O)c1sc(Nc2cccc3cccnc23)nc1C(F)(F)F. The molecule has 3 rings (SSSR count).